The molecular formula is C30H41N5O4. The molecule has 39 heavy (non-hydrogen) atoms. The predicted molar refractivity (Wildman–Crippen MR) is 150 cm³/mol. The van der Waals surface area contributed by atoms with Gasteiger partial charge >= 0.3 is 6.09 Å². The minimum atomic E-state index is -0.575. The Morgan fingerprint density at radius 2 is 1.69 bits per heavy atom. The van der Waals surface area contributed by atoms with Crippen molar-refractivity contribution in [1.29, 1.82) is 0 Å². The van der Waals surface area contributed by atoms with Crippen molar-refractivity contribution >= 4 is 23.7 Å². The maximum atomic E-state index is 13.4. The van der Waals surface area contributed by atoms with Gasteiger partial charge in [0.2, 0.25) is 11.8 Å². The van der Waals surface area contributed by atoms with Gasteiger partial charge in [-0.1, -0.05) is 30.3 Å². The molecule has 2 aromatic rings. The highest BCUT2D eigenvalue weighted by atomic mass is 16.6. The standard InChI is InChI=1S/C30H41N5O4/c1-22(36)33-30(25-8-6-5-7-9-25)13-18-35(19-14-30)27(37)24-11-16-34(17-12-24)21-23-10-15-31-26(20-23)32-28(38)39-29(2,3)4/h5-10,15,20,24H,11-14,16-19,21H2,1-4H3,(H,33,36)(H,31,32,38). The summed E-state index contributed by atoms with van der Waals surface area (Å²) in [5, 5.41) is 5.88. The number of hydrogen-bond donors (Lipinski definition) is 2. The van der Waals surface area contributed by atoms with Crippen LogP contribution in [0.3, 0.4) is 0 Å². The molecule has 1 aromatic heterocycles. The van der Waals surface area contributed by atoms with Crippen molar-refractivity contribution in [2.24, 2.45) is 5.92 Å². The molecular weight excluding hydrogens is 494 g/mol. The lowest BCUT2D eigenvalue weighted by Crippen LogP contribution is -2.54. The summed E-state index contributed by atoms with van der Waals surface area (Å²) in [5.41, 5.74) is 1.15. The summed E-state index contributed by atoms with van der Waals surface area (Å²) in [4.78, 5) is 46.0. The van der Waals surface area contributed by atoms with Gasteiger partial charge in [0.1, 0.15) is 11.4 Å². The van der Waals surface area contributed by atoms with Crippen LogP contribution in [0.2, 0.25) is 0 Å². The van der Waals surface area contributed by atoms with Gasteiger partial charge in [-0.15, -0.1) is 0 Å². The molecule has 2 saturated heterocycles. The number of nitrogens with zero attached hydrogens (tertiary/aromatic N) is 3. The fourth-order valence-electron chi connectivity index (χ4n) is 5.59. The van der Waals surface area contributed by atoms with Crippen LogP contribution in [0, 0.1) is 5.92 Å². The quantitative estimate of drug-likeness (QED) is 0.572. The van der Waals surface area contributed by atoms with Crippen molar-refractivity contribution in [3.8, 4) is 0 Å². The summed E-state index contributed by atoms with van der Waals surface area (Å²) in [6.45, 7) is 10.7. The van der Waals surface area contributed by atoms with Crippen molar-refractivity contribution in [2.75, 3.05) is 31.5 Å². The molecule has 0 aliphatic carbocycles. The van der Waals surface area contributed by atoms with Crippen LogP contribution in [-0.2, 0) is 26.4 Å². The second-order valence-corrected chi connectivity index (χ2v) is 11.7. The molecule has 0 atom stereocenters. The van der Waals surface area contributed by atoms with Crippen LogP contribution < -0.4 is 10.6 Å². The first-order valence-corrected chi connectivity index (χ1v) is 13.8. The lowest BCUT2D eigenvalue weighted by atomic mass is 9.80. The smallest absolute Gasteiger partial charge is 0.413 e. The van der Waals surface area contributed by atoms with Crippen LogP contribution in [0.4, 0.5) is 10.6 Å². The van der Waals surface area contributed by atoms with E-state index < -0.39 is 17.2 Å². The molecule has 0 spiro atoms. The van der Waals surface area contributed by atoms with Gasteiger partial charge in [-0.3, -0.25) is 19.8 Å². The fourth-order valence-corrected chi connectivity index (χ4v) is 5.59. The summed E-state index contributed by atoms with van der Waals surface area (Å²) < 4.78 is 5.31. The summed E-state index contributed by atoms with van der Waals surface area (Å²) >= 11 is 0. The Morgan fingerprint density at radius 3 is 2.31 bits per heavy atom. The molecule has 0 unspecified atom stereocenters. The molecule has 210 valence electrons. The monoisotopic (exact) mass is 535 g/mol. The van der Waals surface area contributed by atoms with E-state index in [1.807, 2.05) is 56.0 Å². The highest BCUT2D eigenvalue weighted by Crippen LogP contribution is 2.34. The third-order valence-electron chi connectivity index (χ3n) is 7.47. The van der Waals surface area contributed by atoms with Gasteiger partial charge in [0.25, 0.3) is 0 Å². The number of carbonyl (C=O) groups excluding carboxylic acids is 3. The summed E-state index contributed by atoms with van der Waals surface area (Å²) in [7, 11) is 0. The minimum absolute atomic E-state index is 0.0214. The number of likely N-dealkylation sites (tertiary alicyclic amines) is 2. The number of pyridine rings is 1. The Morgan fingerprint density at radius 1 is 1.03 bits per heavy atom. The first-order chi connectivity index (χ1) is 18.5. The van der Waals surface area contributed by atoms with Crippen LogP contribution in [0.25, 0.3) is 0 Å². The lowest BCUT2D eigenvalue weighted by molar-refractivity contribution is -0.139. The zero-order chi connectivity index (χ0) is 28.0. The molecule has 0 radical (unpaired) electrons. The minimum Gasteiger partial charge on any atom is -0.444 e. The molecule has 0 saturated carbocycles. The van der Waals surface area contributed by atoms with E-state index in [0.29, 0.717) is 31.7 Å². The number of piperidine rings is 2. The summed E-state index contributed by atoms with van der Waals surface area (Å²) in [6.07, 6.45) is 4.22. The van der Waals surface area contributed by atoms with Crippen LogP contribution in [-0.4, -0.2) is 64.5 Å². The molecule has 9 heteroatoms. The SMILES string of the molecule is CC(=O)NC1(c2ccccc2)CCN(C(=O)C2CCN(Cc3ccnc(NC(=O)OC(C)(C)C)c3)CC2)CC1. The number of carbonyl (C=O) groups is 3. The molecule has 3 heterocycles. The number of benzene rings is 1. The second kappa shape index (κ2) is 12.2. The van der Waals surface area contributed by atoms with Gasteiger partial charge in [0.15, 0.2) is 0 Å². The Bertz CT molecular complexity index is 1150. The van der Waals surface area contributed by atoms with Crippen molar-refractivity contribution < 1.29 is 19.1 Å². The normalized spacial score (nSPS) is 18.3. The number of ether oxygens (including phenoxy) is 1. The average Bonchev–Trinajstić information content (AvgIpc) is 2.88. The van der Waals surface area contributed by atoms with Crippen LogP contribution in [0.5, 0.6) is 0 Å². The zero-order valence-corrected chi connectivity index (χ0v) is 23.5. The highest BCUT2D eigenvalue weighted by Gasteiger charge is 2.39. The van der Waals surface area contributed by atoms with E-state index in [4.69, 9.17) is 4.74 Å². The Labute approximate surface area is 231 Å². The molecule has 1 aromatic carbocycles. The molecule has 2 N–H and O–H groups in total. The summed E-state index contributed by atoms with van der Waals surface area (Å²) in [5.74, 6) is 0.663. The van der Waals surface area contributed by atoms with Gasteiger partial charge < -0.3 is 15.0 Å². The zero-order valence-electron chi connectivity index (χ0n) is 23.5. The fraction of sp³-hybridized carbons (Fsp3) is 0.533. The maximum Gasteiger partial charge on any atom is 0.413 e. The average molecular weight is 536 g/mol. The summed E-state index contributed by atoms with van der Waals surface area (Å²) in [6, 6.07) is 13.9. The Hall–Kier alpha value is -3.46. The Balaban J connectivity index is 1.27. The number of amides is 3. The van der Waals surface area contributed by atoms with Crippen LogP contribution in [0.1, 0.15) is 64.5 Å². The largest absolute Gasteiger partial charge is 0.444 e. The van der Waals surface area contributed by atoms with E-state index in [9.17, 15) is 14.4 Å². The number of nitrogens with one attached hydrogen (secondary N) is 2. The van der Waals surface area contributed by atoms with E-state index >= 15 is 0 Å². The van der Waals surface area contributed by atoms with Gasteiger partial charge in [-0.25, -0.2) is 9.78 Å². The third-order valence-corrected chi connectivity index (χ3v) is 7.47. The van der Waals surface area contributed by atoms with Crippen molar-refractivity contribution in [1.82, 2.24) is 20.1 Å². The van der Waals surface area contributed by atoms with Crippen LogP contribution >= 0.6 is 0 Å². The van der Waals surface area contributed by atoms with Gasteiger partial charge in [-0.05, 0) is 82.8 Å². The first-order valence-electron chi connectivity index (χ1n) is 13.8. The number of rotatable bonds is 6. The number of aromatic nitrogens is 1. The molecule has 9 nitrogen and oxygen atoms in total. The number of hydrogen-bond acceptors (Lipinski definition) is 6. The first kappa shape index (κ1) is 28.5. The third kappa shape index (κ3) is 7.79. The van der Waals surface area contributed by atoms with Gasteiger partial charge in [0, 0.05) is 38.7 Å². The van der Waals surface area contributed by atoms with E-state index in [1.165, 1.54) is 0 Å². The van der Waals surface area contributed by atoms with Crippen molar-refractivity contribution in [3.05, 3.63) is 59.8 Å². The van der Waals surface area contributed by atoms with Crippen LogP contribution in [0.15, 0.2) is 48.7 Å². The number of anilines is 1. The second-order valence-electron chi connectivity index (χ2n) is 11.7. The van der Waals surface area contributed by atoms with Crippen molar-refractivity contribution in [3.63, 3.8) is 0 Å². The molecule has 2 aliphatic heterocycles. The van der Waals surface area contributed by atoms with Gasteiger partial charge in [0.05, 0.1) is 5.54 Å². The highest BCUT2D eigenvalue weighted by molar-refractivity contribution is 5.83. The van der Waals surface area contributed by atoms with Gasteiger partial charge in [-0.2, -0.15) is 0 Å². The topological polar surface area (TPSA) is 104 Å². The predicted octanol–water partition coefficient (Wildman–Crippen LogP) is 4.29. The van der Waals surface area contributed by atoms with E-state index in [0.717, 1.165) is 43.6 Å². The maximum absolute atomic E-state index is 13.4. The molecule has 4 rings (SSSR count). The molecule has 3 amide bonds. The molecule has 0 bridgehead atoms. The van der Waals surface area contributed by atoms with E-state index in [-0.39, 0.29) is 17.7 Å². The molecule has 2 fully saturated rings. The van der Waals surface area contributed by atoms with Crippen molar-refractivity contribution in [2.45, 2.75) is 71.1 Å². The lowest BCUT2D eigenvalue weighted by Gasteiger charge is -2.44. The Kier molecular flexibility index (Phi) is 8.90. The molecule has 2 aliphatic rings. The van der Waals surface area contributed by atoms with E-state index in [1.54, 1.807) is 13.1 Å². The van der Waals surface area contributed by atoms with E-state index in [2.05, 4.69) is 32.7 Å².